The number of para-hydroxylation sites is 1. The van der Waals surface area contributed by atoms with Crippen molar-refractivity contribution in [3.05, 3.63) is 54.6 Å². The molecule has 0 bridgehead atoms. The van der Waals surface area contributed by atoms with E-state index in [0.717, 1.165) is 24.9 Å². The summed E-state index contributed by atoms with van der Waals surface area (Å²) in [6, 6.07) is 15.8. The fourth-order valence-electron chi connectivity index (χ4n) is 3.32. The van der Waals surface area contributed by atoms with Crippen molar-refractivity contribution < 1.29 is 13.2 Å². The first-order valence-electron chi connectivity index (χ1n) is 9.91. The van der Waals surface area contributed by atoms with Crippen molar-refractivity contribution in [2.24, 2.45) is 0 Å². The van der Waals surface area contributed by atoms with Gasteiger partial charge in [-0.15, -0.1) is 5.10 Å². The van der Waals surface area contributed by atoms with E-state index >= 15 is 0 Å². The highest BCUT2D eigenvalue weighted by atomic mass is 32.2. The number of nitrogens with zero attached hydrogens (tertiary/aromatic N) is 5. The van der Waals surface area contributed by atoms with E-state index in [1.165, 1.54) is 22.1 Å². The molecule has 0 atom stereocenters. The molecular formula is C20H22N6O3S2. The monoisotopic (exact) mass is 458 g/mol. The number of aromatic nitrogens is 4. The second kappa shape index (κ2) is 9.58. The predicted molar refractivity (Wildman–Crippen MR) is 118 cm³/mol. The number of anilines is 1. The Morgan fingerprint density at radius 1 is 1.03 bits per heavy atom. The van der Waals surface area contributed by atoms with Gasteiger partial charge in [0.25, 0.3) is 0 Å². The molecule has 0 aliphatic carbocycles. The van der Waals surface area contributed by atoms with Gasteiger partial charge in [-0.25, -0.2) is 8.42 Å². The lowest BCUT2D eigenvalue weighted by atomic mass is 10.2. The average Bonchev–Trinajstić information content (AvgIpc) is 3.28. The predicted octanol–water partition coefficient (Wildman–Crippen LogP) is 2.57. The Balaban J connectivity index is 1.40. The zero-order valence-electron chi connectivity index (χ0n) is 16.7. The van der Waals surface area contributed by atoms with E-state index in [1.54, 1.807) is 22.9 Å². The van der Waals surface area contributed by atoms with Crippen LogP contribution in [0.1, 0.15) is 19.3 Å². The van der Waals surface area contributed by atoms with Crippen molar-refractivity contribution in [3.8, 4) is 5.69 Å². The van der Waals surface area contributed by atoms with E-state index in [4.69, 9.17) is 0 Å². The van der Waals surface area contributed by atoms with Crippen LogP contribution in [0.2, 0.25) is 0 Å². The molecule has 1 saturated heterocycles. The summed E-state index contributed by atoms with van der Waals surface area (Å²) in [5.74, 6) is -0.198. The molecule has 0 unspecified atom stereocenters. The van der Waals surface area contributed by atoms with Crippen LogP contribution in [0.3, 0.4) is 0 Å². The second-order valence-corrected chi connectivity index (χ2v) is 9.92. The molecule has 0 spiro atoms. The fourth-order valence-corrected chi connectivity index (χ4v) is 5.57. The summed E-state index contributed by atoms with van der Waals surface area (Å²) in [5.41, 5.74) is 1.23. The van der Waals surface area contributed by atoms with Crippen molar-refractivity contribution in [1.29, 1.82) is 0 Å². The molecule has 1 amide bonds. The summed E-state index contributed by atoms with van der Waals surface area (Å²) in [5, 5.41) is 14.9. The Morgan fingerprint density at radius 3 is 2.58 bits per heavy atom. The highest BCUT2D eigenvalue weighted by Crippen LogP contribution is 2.23. The molecule has 1 aliphatic heterocycles. The zero-order chi connectivity index (χ0) is 21.7. The number of benzene rings is 2. The van der Waals surface area contributed by atoms with Gasteiger partial charge in [0.2, 0.25) is 21.1 Å². The molecule has 0 radical (unpaired) electrons. The maximum absolute atomic E-state index is 12.9. The van der Waals surface area contributed by atoms with Crippen molar-refractivity contribution in [1.82, 2.24) is 24.5 Å². The number of hydrogen-bond acceptors (Lipinski definition) is 7. The van der Waals surface area contributed by atoms with Gasteiger partial charge in [-0.1, -0.05) is 42.4 Å². The van der Waals surface area contributed by atoms with E-state index in [9.17, 15) is 13.2 Å². The minimum absolute atomic E-state index is 0.0797. The van der Waals surface area contributed by atoms with E-state index in [0.29, 0.717) is 23.9 Å². The highest BCUT2D eigenvalue weighted by Gasteiger charge is 2.26. The Morgan fingerprint density at radius 2 is 1.81 bits per heavy atom. The molecule has 1 aliphatic rings. The van der Waals surface area contributed by atoms with Crippen LogP contribution in [-0.4, -0.2) is 57.7 Å². The quantitative estimate of drug-likeness (QED) is 0.542. The summed E-state index contributed by atoms with van der Waals surface area (Å²) in [6.07, 6.45) is 2.79. The van der Waals surface area contributed by atoms with Crippen molar-refractivity contribution in [3.63, 3.8) is 0 Å². The summed E-state index contributed by atoms with van der Waals surface area (Å²) in [4.78, 5) is 12.6. The van der Waals surface area contributed by atoms with E-state index in [2.05, 4.69) is 20.8 Å². The number of tetrazole rings is 1. The molecule has 1 aromatic heterocycles. The van der Waals surface area contributed by atoms with Crippen molar-refractivity contribution in [2.75, 3.05) is 24.2 Å². The van der Waals surface area contributed by atoms with Crippen molar-refractivity contribution >= 4 is 33.4 Å². The van der Waals surface area contributed by atoms with Gasteiger partial charge in [-0.2, -0.15) is 8.99 Å². The minimum Gasteiger partial charge on any atom is -0.325 e. The number of thioether (sulfide) groups is 1. The maximum atomic E-state index is 12.9. The van der Waals surface area contributed by atoms with Crippen LogP contribution >= 0.6 is 11.8 Å². The number of sulfonamides is 1. The first kappa shape index (κ1) is 21.5. The molecule has 2 aromatic carbocycles. The number of carbonyl (C=O) groups is 1. The van der Waals surface area contributed by atoms with Gasteiger partial charge in [0.1, 0.15) is 0 Å². The number of hydrogen-bond donors (Lipinski definition) is 1. The zero-order valence-corrected chi connectivity index (χ0v) is 18.3. The fraction of sp³-hybridized carbons (Fsp3) is 0.300. The maximum Gasteiger partial charge on any atom is 0.243 e. The lowest BCUT2D eigenvalue weighted by Gasteiger charge is -2.26. The third-order valence-electron chi connectivity index (χ3n) is 4.84. The summed E-state index contributed by atoms with van der Waals surface area (Å²) >= 11 is 1.20. The number of amides is 1. The van der Waals surface area contributed by atoms with E-state index in [-0.39, 0.29) is 16.6 Å². The topological polar surface area (TPSA) is 110 Å². The molecule has 162 valence electrons. The highest BCUT2D eigenvalue weighted by molar-refractivity contribution is 7.99. The second-order valence-electron chi connectivity index (χ2n) is 7.04. The smallest absolute Gasteiger partial charge is 0.243 e. The molecule has 9 nitrogen and oxygen atoms in total. The van der Waals surface area contributed by atoms with Crippen LogP contribution in [0.5, 0.6) is 0 Å². The molecular weight excluding hydrogens is 436 g/mol. The number of nitrogens with one attached hydrogen (secondary N) is 1. The van der Waals surface area contributed by atoms with Crippen LogP contribution < -0.4 is 5.32 Å². The van der Waals surface area contributed by atoms with Gasteiger partial charge in [-0.3, -0.25) is 4.79 Å². The molecule has 31 heavy (non-hydrogen) atoms. The van der Waals surface area contributed by atoms with Crippen LogP contribution in [0.25, 0.3) is 5.69 Å². The van der Waals surface area contributed by atoms with Gasteiger partial charge in [-0.05, 0) is 53.6 Å². The molecule has 1 N–H and O–H groups in total. The Hall–Kier alpha value is -2.76. The summed E-state index contributed by atoms with van der Waals surface area (Å²) in [6.45, 7) is 1.07. The molecule has 11 heteroatoms. The molecule has 2 heterocycles. The molecule has 4 rings (SSSR count). The van der Waals surface area contributed by atoms with E-state index < -0.39 is 10.0 Å². The van der Waals surface area contributed by atoms with Gasteiger partial charge >= 0.3 is 0 Å². The van der Waals surface area contributed by atoms with Crippen LogP contribution in [0.15, 0.2) is 64.6 Å². The lowest BCUT2D eigenvalue weighted by molar-refractivity contribution is -0.113. The lowest BCUT2D eigenvalue weighted by Crippen LogP contribution is -2.35. The summed E-state index contributed by atoms with van der Waals surface area (Å²) in [7, 11) is -3.56. The molecule has 0 saturated carbocycles. The standard InChI is InChI=1S/C20H22N6O3S2/c27-19(15-30-20-22-23-24-26(20)17-9-3-1-4-10-17)21-16-8-7-11-18(14-16)31(28,29)25-12-5-2-6-13-25/h1,3-4,7-11,14H,2,5-6,12-13,15H2,(H,21,27). The first-order valence-corrected chi connectivity index (χ1v) is 12.3. The van der Waals surface area contributed by atoms with Crippen LogP contribution in [0, 0.1) is 0 Å². The van der Waals surface area contributed by atoms with Gasteiger partial charge in [0.15, 0.2) is 0 Å². The van der Waals surface area contributed by atoms with Crippen molar-refractivity contribution in [2.45, 2.75) is 29.3 Å². The van der Waals surface area contributed by atoms with Gasteiger partial charge < -0.3 is 5.32 Å². The number of rotatable bonds is 7. The van der Waals surface area contributed by atoms with E-state index in [1.807, 2.05) is 30.3 Å². The average molecular weight is 459 g/mol. The Kier molecular flexibility index (Phi) is 6.64. The summed E-state index contributed by atoms with van der Waals surface area (Å²) < 4.78 is 28.8. The largest absolute Gasteiger partial charge is 0.325 e. The third-order valence-corrected chi connectivity index (χ3v) is 7.66. The van der Waals surface area contributed by atoms with Crippen LogP contribution in [-0.2, 0) is 14.8 Å². The Bertz CT molecular complexity index is 1140. The number of carbonyl (C=O) groups excluding carboxylic acids is 1. The molecule has 3 aromatic rings. The number of piperidine rings is 1. The van der Waals surface area contributed by atoms with Gasteiger partial charge in [0, 0.05) is 18.8 Å². The third kappa shape index (κ3) is 5.12. The minimum atomic E-state index is -3.56. The Labute approximate surface area is 184 Å². The normalized spacial score (nSPS) is 15.0. The first-order chi connectivity index (χ1) is 15.0. The molecule has 1 fully saturated rings. The SMILES string of the molecule is O=C(CSc1nnnn1-c1ccccc1)Nc1cccc(S(=O)(=O)N2CCCCC2)c1. The van der Waals surface area contributed by atoms with Crippen LogP contribution in [0.4, 0.5) is 5.69 Å². The van der Waals surface area contributed by atoms with Gasteiger partial charge in [0.05, 0.1) is 16.3 Å².